The van der Waals surface area contributed by atoms with Crippen molar-refractivity contribution in [3.63, 3.8) is 0 Å². The molecule has 0 unspecified atom stereocenters. The van der Waals surface area contributed by atoms with E-state index >= 15 is 0 Å². The van der Waals surface area contributed by atoms with Crippen LogP contribution in [0.15, 0.2) is 54.9 Å². The summed E-state index contributed by atoms with van der Waals surface area (Å²) in [5.74, 6) is 0.877. The molecule has 5 nitrogen and oxygen atoms in total. The zero-order valence-corrected chi connectivity index (χ0v) is 16.6. The molecule has 0 saturated heterocycles. The monoisotopic (exact) mass is 392 g/mol. The predicted octanol–water partition coefficient (Wildman–Crippen LogP) is 3.81. The quantitative estimate of drug-likeness (QED) is 0.691. The third-order valence-electron chi connectivity index (χ3n) is 4.80. The van der Waals surface area contributed by atoms with E-state index in [0.717, 1.165) is 49.4 Å². The number of ether oxygens (including phenoxy) is 1. The number of fused-ring (bicyclic) bond motifs is 1. The van der Waals surface area contributed by atoms with E-state index < -0.39 is 0 Å². The first-order chi connectivity index (χ1) is 13.8. The number of nitrogens with zero attached hydrogens (tertiary/aromatic N) is 3. The van der Waals surface area contributed by atoms with Gasteiger partial charge >= 0.3 is 0 Å². The van der Waals surface area contributed by atoms with Crippen molar-refractivity contribution >= 4 is 22.5 Å². The Morgan fingerprint density at radius 1 is 1.14 bits per heavy atom. The standard InChI is InChI=1S/C22H24N4OS/c23-22-25-20-8-13-26(14-9-21(20)28-22)12-2-4-17-3-1-5-19(15-17)27-16-18-6-10-24-11-7-18/h1-7,10-11,15H,8-9,12-14,16H2,(H2,23,25). The Balaban J connectivity index is 1.29. The molecule has 0 spiro atoms. The van der Waals surface area contributed by atoms with Gasteiger partial charge in [-0.15, -0.1) is 11.3 Å². The summed E-state index contributed by atoms with van der Waals surface area (Å²) in [7, 11) is 0. The number of aromatic nitrogens is 2. The SMILES string of the molecule is Nc1nc2c(s1)CCN(CC=Cc1cccc(OCc3ccncc3)c1)CC2. The van der Waals surface area contributed by atoms with E-state index in [0.29, 0.717) is 11.7 Å². The summed E-state index contributed by atoms with van der Waals surface area (Å²) in [5, 5.41) is 0.698. The number of thiazole rings is 1. The Bertz CT molecular complexity index is 913. The summed E-state index contributed by atoms with van der Waals surface area (Å²) in [6, 6.07) is 12.1. The lowest BCUT2D eigenvalue weighted by Crippen LogP contribution is -2.26. The molecule has 144 valence electrons. The predicted molar refractivity (Wildman–Crippen MR) is 114 cm³/mol. The molecule has 0 amide bonds. The Kier molecular flexibility index (Phi) is 5.99. The number of nitrogen functional groups attached to an aromatic ring is 1. The highest BCUT2D eigenvalue weighted by molar-refractivity contribution is 7.15. The van der Waals surface area contributed by atoms with E-state index in [2.05, 4.69) is 39.2 Å². The molecule has 0 bridgehead atoms. The van der Waals surface area contributed by atoms with Crippen LogP contribution in [0.2, 0.25) is 0 Å². The molecule has 0 saturated carbocycles. The number of anilines is 1. The Morgan fingerprint density at radius 3 is 2.89 bits per heavy atom. The fourth-order valence-electron chi connectivity index (χ4n) is 3.30. The molecule has 0 radical (unpaired) electrons. The molecule has 1 aliphatic rings. The zero-order chi connectivity index (χ0) is 19.2. The van der Waals surface area contributed by atoms with Crippen molar-refractivity contribution in [2.24, 2.45) is 0 Å². The van der Waals surface area contributed by atoms with Crippen molar-refractivity contribution in [2.45, 2.75) is 19.4 Å². The van der Waals surface area contributed by atoms with Gasteiger partial charge in [0.25, 0.3) is 0 Å². The van der Waals surface area contributed by atoms with Crippen molar-refractivity contribution < 1.29 is 4.74 Å². The summed E-state index contributed by atoms with van der Waals surface area (Å²) >= 11 is 1.64. The van der Waals surface area contributed by atoms with Gasteiger partial charge < -0.3 is 10.5 Å². The van der Waals surface area contributed by atoms with Crippen LogP contribution in [0.1, 0.15) is 21.7 Å². The number of pyridine rings is 1. The largest absolute Gasteiger partial charge is 0.489 e. The molecule has 3 heterocycles. The fraction of sp³-hybridized carbons (Fsp3) is 0.273. The topological polar surface area (TPSA) is 64.3 Å². The van der Waals surface area contributed by atoms with Crippen molar-refractivity contribution in [3.8, 4) is 5.75 Å². The Hall–Kier alpha value is -2.70. The van der Waals surface area contributed by atoms with Crippen molar-refractivity contribution in [1.29, 1.82) is 0 Å². The van der Waals surface area contributed by atoms with Crippen LogP contribution >= 0.6 is 11.3 Å². The van der Waals surface area contributed by atoms with Crippen LogP contribution in [0.5, 0.6) is 5.75 Å². The van der Waals surface area contributed by atoms with Gasteiger partial charge in [0.15, 0.2) is 5.13 Å². The highest BCUT2D eigenvalue weighted by Crippen LogP contribution is 2.24. The molecule has 2 N–H and O–H groups in total. The molecule has 0 atom stereocenters. The number of rotatable bonds is 6. The second-order valence-electron chi connectivity index (χ2n) is 6.84. The van der Waals surface area contributed by atoms with Crippen molar-refractivity contribution in [2.75, 3.05) is 25.4 Å². The van der Waals surface area contributed by atoms with Gasteiger partial charge in [0.1, 0.15) is 12.4 Å². The minimum atomic E-state index is 0.548. The first kappa shape index (κ1) is 18.7. The summed E-state index contributed by atoms with van der Waals surface area (Å²) < 4.78 is 5.89. The molecule has 0 aliphatic carbocycles. The van der Waals surface area contributed by atoms with Gasteiger partial charge in [-0.05, 0) is 41.8 Å². The zero-order valence-electron chi connectivity index (χ0n) is 15.8. The van der Waals surface area contributed by atoms with E-state index in [1.165, 1.54) is 10.6 Å². The number of hydrogen-bond donors (Lipinski definition) is 1. The van der Waals surface area contributed by atoms with E-state index in [-0.39, 0.29) is 0 Å². The maximum atomic E-state index is 5.89. The summed E-state index contributed by atoms with van der Waals surface area (Å²) in [6.07, 6.45) is 9.97. The van der Waals surface area contributed by atoms with Gasteiger partial charge in [-0.1, -0.05) is 24.3 Å². The summed E-state index contributed by atoms with van der Waals surface area (Å²) in [6.45, 7) is 3.56. The van der Waals surface area contributed by atoms with Crippen LogP contribution in [0.4, 0.5) is 5.13 Å². The Morgan fingerprint density at radius 2 is 2.00 bits per heavy atom. The van der Waals surface area contributed by atoms with E-state index in [1.54, 1.807) is 23.7 Å². The average Bonchev–Trinajstić information content (AvgIpc) is 2.98. The van der Waals surface area contributed by atoms with Crippen LogP contribution < -0.4 is 10.5 Å². The molecule has 1 aromatic carbocycles. The van der Waals surface area contributed by atoms with Gasteiger partial charge in [-0.25, -0.2) is 4.98 Å². The minimum Gasteiger partial charge on any atom is -0.489 e. The fourth-order valence-corrected chi connectivity index (χ4v) is 4.17. The lowest BCUT2D eigenvalue weighted by Gasteiger charge is -2.17. The third kappa shape index (κ3) is 4.97. The molecule has 28 heavy (non-hydrogen) atoms. The molecular weight excluding hydrogens is 368 g/mol. The van der Waals surface area contributed by atoms with Gasteiger partial charge in [-0.2, -0.15) is 0 Å². The molecule has 6 heteroatoms. The maximum Gasteiger partial charge on any atom is 0.180 e. The van der Waals surface area contributed by atoms with Crippen LogP contribution in [0.25, 0.3) is 6.08 Å². The average molecular weight is 393 g/mol. The number of benzene rings is 1. The van der Waals surface area contributed by atoms with Crippen molar-refractivity contribution in [1.82, 2.24) is 14.9 Å². The lowest BCUT2D eigenvalue weighted by molar-refractivity contribution is 0.306. The van der Waals surface area contributed by atoms with Gasteiger partial charge in [0, 0.05) is 43.3 Å². The van der Waals surface area contributed by atoms with Crippen LogP contribution in [-0.2, 0) is 19.4 Å². The third-order valence-corrected chi connectivity index (χ3v) is 5.79. The van der Waals surface area contributed by atoms with E-state index in [1.807, 2.05) is 24.3 Å². The number of nitrogens with two attached hydrogens (primary N) is 1. The second kappa shape index (κ2) is 8.99. The normalized spacial score (nSPS) is 14.7. The molecule has 3 aromatic rings. The lowest BCUT2D eigenvalue weighted by atomic mass is 10.2. The Labute approximate surface area is 169 Å². The van der Waals surface area contributed by atoms with Gasteiger partial charge in [0.2, 0.25) is 0 Å². The summed E-state index contributed by atoms with van der Waals surface area (Å²) in [4.78, 5) is 12.3. The molecular formula is C22H24N4OS. The highest BCUT2D eigenvalue weighted by atomic mass is 32.1. The second-order valence-corrected chi connectivity index (χ2v) is 7.96. The van der Waals surface area contributed by atoms with Crippen molar-refractivity contribution in [3.05, 3.63) is 76.6 Å². The van der Waals surface area contributed by atoms with Crippen LogP contribution in [0.3, 0.4) is 0 Å². The molecule has 1 aliphatic heterocycles. The van der Waals surface area contributed by atoms with Gasteiger partial charge in [0.05, 0.1) is 5.69 Å². The first-order valence-corrected chi connectivity index (χ1v) is 10.3. The molecule has 4 rings (SSSR count). The summed E-state index contributed by atoms with van der Waals surface area (Å²) in [5.41, 5.74) is 9.27. The van der Waals surface area contributed by atoms with E-state index in [9.17, 15) is 0 Å². The van der Waals surface area contributed by atoms with Crippen LogP contribution in [-0.4, -0.2) is 34.5 Å². The maximum absolute atomic E-state index is 5.89. The smallest absolute Gasteiger partial charge is 0.180 e. The molecule has 2 aromatic heterocycles. The highest BCUT2D eigenvalue weighted by Gasteiger charge is 2.16. The minimum absolute atomic E-state index is 0.548. The van der Waals surface area contributed by atoms with E-state index in [4.69, 9.17) is 10.5 Å². The van der Waals surface area contributed by atoms with Gasteiger partial charge in [-0.3, -0.25) is 9.88 Å². The van der Waals surface area contributed by atoms with Crippen LogP contribution in [0, 0.1) is 0 Å². The molecule has 0 fully saturated rings. The number of hydrogen-bond acceptors (Lipinski definition) is 6. The first-order valence-electron chi connectivity index (χ1n) is 9.51.